The maximum atomic E-state index is 13.1. The van der Waals surface area contributed by atoms with Gasteiger partial charge < -0.3 is 23.6 Å². The maximum absolute atomic E-state index is 13.1. The van der Waals surface area contributed by atoms with Crippen molar-refractivity contribution in [3.63, 3.8) is 0 Å². The van der Waals surface area contributed by atoms with Gasteiger partial charge in [0, 0.05) is 13.1 Å². The van der Waals surface area contributed by atoms with Gasteiger partial charge in [0.05, 0.1) is 37.1 Å². The molecule has 4 aromatic carbocycles. The Hall–Kier alpha value is -5.19. The number of benzene rings is 4. The molecule has 3 aliphatic heterocycles. The summed E-state index contributed by atoms with van der Waals surface area (Å²) in [4.78, 5) is 31.5. The van der Waals surface area contributed by atoms with E-state index in [1.54, 1.807) is 18.5 Å². The number of guanidine groups is 1. The number of para-hydroxylation sites is 1. The molecule has 55 heavy (non-hydrogen) atoms. The Morgan fingerprint density at radius 2 is 1.53 bits per heavy atom. The zero-order chi connectivity index (χ0) is 38.0. The number of hydrogen-bond donors (Lipinski definition) is 2. The third kappa shape index (κ3) is 8.71. The predicted molar refractivity (Wildman–Crippen MR) is 211 cm³/mol. The number of ether oxygens (including phenoxy) is 3. The molecule has 282 valence electrons. The van der Waals surface area contributed by atoms with E-state index < -0.39 is 43.6 Å². The number of nitrogens with zero attached hydrogens (tertiary/aromatic N) is 6. The van der Waals surface area contributed by atoms with Crippen LogP contribution < -0.4 is 15.6 Å². The van der Waals surface area contributed by atoms with Crippen molar-refractivity contribution in [3.8, 4) is 11.8 Å². The number of carbonyl (C=O) groups excluding carboxylic acids is 1. The van der Waals surface area contributed by atoms with Gasteiger partial charge in [0.25, 0.3) is 5.91 Å². The number of aliphatic imine (C=N–C) groups is 3. The van der Waals surface area contributed by atoms with Crippen molar-refractivity contribution in [2.45, 2.75) is 36.5 Å². The SMILES string of the molecule is N#CCCOC1=NC(NC(=O)COc2ccccc2)=NC2C1N=CN2[C@H]1CN(C(c2ccccc2)(c2ccccc2)c2ccccc2)C[C@@H](COP(N)Cl)O1. The minimum atomic E-state index is -1.68. The number of carbonyl (C=O) groups is 1. The molecule has 3 heterocycles. The van der Waals surface area contributed by atoms with Crippen molar-refractivity contribution >= 4 is 43.0 Å². The van der Waals surface area contributed by atoms with Crippen molar-refractivity contribution in [3.05, 3.63) is 138 Å². The van der Waals surface area contributed by atoms with Crippen LogP contribution in [0.5, 0.6) is 5.75 Å². The summed E-state index contributed by atoms with van der Waals surface area (Å²) in [6.07, 6.45) is 0.0168. The van der Waals surface area contributed by atoms with Crippen LogP contribution in [0.3, 0.4) is 0 Å². The van der Waals surface area contributed by atoms with Gasteiger partial charge in [-0.25, -0.2) is 4.99 Å². The molecule has 15 heteroatoms. The largest absolute Gasteiger partial charge is 0.484 e. The molecule has 1 amide bonds. The number of nitriles is 1. The molecule has 1 fully saturated rings. The smallest absolute Gasteiger partial charge is 0.264 e. The van der Waals surface area contributed by atoms with E-state index in [1.165, 1.54) is 0 Å². The number of fused-ring (bicyclic) bond motifs is 1. The molecule has 0 spiro atoms. The van der Waals surface area contributed by atoms with Gasteiger partial charge in [-0.05, 0) is 40.1 Å². The molecule has 0 aromatic heterocycles. The third-order valence-corrected chi connectivity index (χ3v) is 10.1. The molecule has 3 N–H and O–H groups in total. The number of hydrogen-bond acceptors (Lipinski definition) is 12. The standard InChI is InChI=1S/C40H40ClN8O5P/c41-55(43)53-26-33-24-48(40(29-14-5-1-6-15-29,30-16-7-2-8-17-30)31-18-9-3-10-19-31)25-35(54-33)49-28-44-36-37(49)46-39(47-38(36)51-23-13-22-42)45-34(50)27-52-32-20-11-4-12-21-32/h1-12,14-21,28,33,35-37H,13,23-27,43H2,(H,45,46,50)/t33-,35+,36?,37?,55?/m0/s1. The number of amides is 1. The van der Waals surface area contributed by atoms with E-state index in [9.17, 15) is 10.1 Å². The number of nitrogens with two attached hydrogens (primary N) is 1. The van der Waals surface area contributed by atoms with E-state index in [0.717, 1.165) is 16.7 Å². The van der Waals surface area contributed by atoms with Crippen molar-refractivity contribution in [1.82, 2.24) is 15.1 Å². The molecule has 1 saturated heterocycles. The number of morpholine rings is 1. The van der Waals surface area contributed by atoms with Gasteiger partial charge in [0.1, 0.15) is 18.6 Å². The second kappa shape index (κ2) is 18.0. The molecular formula is C40H40ClN8O5P. The lowest BCUT2D eigenvalue weighted by molar-refractivity contribution is -0.160. The second-order valence-electron chi connectivity index (χ2n) is 12.9. The lowest BCUT2D eigenvalue weighted by Crippen LogP contribution is -2.63. The first-order valence-corrected chi connectivity index (χ1v) is 20.0. The average molecular weight is 779 g/mol. The lowest BCUT2D eigenvalue weighted by Gasteiger charge is -2.52. The van der Waals surface area contributed by atoms with E-state index in [1.807, 2.05) is 77.7 Å². The van der Waals surface area contributed by atoms with Gasteiger partial charge in [-0.15, -0.1) is 0 Å². The summed E-state index contributed by atoms with van der Waals surface area (Å²) in [6, 6.07) is 41.6. The fourth-order valence-corrected chi connectivity index (χ4v) is 7.63. The van der Waals surface area contributed by atoms with E-state index in [4.69, 9.17) is 45.5 Å². The summed E-state index contributed by atoms with van der Waals surface area (Å²) in [5.74, 6) is 0.348. The Morgan fingerprint density at radius 3 is 2.11 bits per heavy atom. The molecule has 7 rings (SSSR count). The second-order valence-corrected chi connectivity index (χ2v) is 14.7. The molecule has 0 radical (unpaired) electrons. The van der Waals surface area contributed by atoms with Crippen LogP contribution in [0.2, 0.25) is 0 Å². The average Bonchev–Trinajstić information content (AvgIpc) is 3.66. The molecule has 4 aromatic rings. The Kier molecular flexibility index (Phi) is 12.4. The van der Waals surface area contributed by atoms with E-state index in [0.29, 0.717) is 18.8 Å². The monoisotopic (exact) mass is 778 g/mol. The first kappa shape index (κ1) is 38.1. The predicted octanol–water partition coefficient (Wildman–Crippen LogP) is 5.38. The quantitative estimate of drug-likeness (QED) is 0.103. The Morgan fingerprint density at radius 1 is 0.927 bits per heavy atom. The maximum Gasteiger partial charge on any atom is 0.264 e. The summed E-state index contributed by atoms with van der Waals surface area (Å²) in [7, 11) is -1.68. The van der Waals surface area contributed by atoms with Crippen molar-refractivity contribution in [1.29, 1.82) is 5.26 Å². The van der Waals surface area contributed by atoms with Gasteiger partial charge in [-0.1, -0.05) is 109 Å². The number of rotatable bonds is 13. The van der Waals surface area contributed by atoms with Crippen molar-refractivity contribution in [2.24, 2.45) is 20.5 Å². The first-order chi connectivity index (χ1) is 26.9. The van der Waals surface area contributed by atoms with Gasteiger partial charge in [0.2, 0.25) is 19.5 Å². The first-order valence-electron chi connectivity index (χ1n) is 17.8. The van der Waals surface area contributed by atoms with E-state index in [-0.39, 0.29) is 38.1 Å². The molecule has 13 nitrogen and oxygen atoms in total. The highest BCUT2D eigenvalue weighted by atomic mass is 35.7. The van der Waals surface area contributed by atoms with Gasteiger partial charge in [-0.3, -0.25) is 25.5 Å². The van der Waals surface area contributed by atoms with Crippen LogP contribution in [0, 0.1) is 11.3 Å². The Balaban J connectivity index is 1.25. The van der Waals surface area contributed by atoms with Gasteiger partial charge in [-0.2, -0.15) is 10.3 Å². The van der Waals surface area contributed by atoms with Gasteiger partial charge >= 0.3 is 0 Å². The summed E-state index contributed by atoms with van der Waals surface area (Å²) in [5.41, 5.74) is 8.36. The molecule has 0 saturated carbocycles. The fourth-order valence-electron chi connectivity index (χ4n) is 7.15. The fraction of sp³-hybridized carbons (Fsp3) is 0.275. The molecule has 3 unspecified atom stereocenters. The zero-order valence-electron chi connectivity index (χ0n) is 29.8. The van der Waals surface area contributed by atoms with Crippen LogP contribution in [0.25, 0.3) is 0 Å². The van der Waals surface area contributed by atoms with Crippen LogP contribution in [0.4, 0.5) is 0 Å². The highest BCUT2D eigenvalue weighted by molar-refractivity contribution is 7.78. The van der Waals surface area contributed by atoms with Crippen LogP contribution in [0.15, 0.2) is 136 Å². The van der Waals surface area contributed by atoms with Crippen LogP contribution in [-0.4, -0.2) is 91.4 Å². The summed E-state index contributed by atoms with van der Waals surface area (Å²) in [5, 5.41) is 12.0. The number of nitrogens with one attached hydrogen (secondary N) is 1. The van der Waals surface area contributed by atoms with E-state index >= 15 is 0 Å². The normalized spacial score (nSPS) is 21.4. The minimum absolute atomic E-state index is 0.0287. The Bertz CT molecular complexity index is 1920. The highest BCUT2D eigenvalue weighted by Gasteiger charge is 2.50. The minimum Gasteiger partial charge on any atom is -0.484 e. The molecular weight excluding hydrogens is 739 g/mol. The summed E-state index contributed by atoms with van der Waals surface area (Å²) >= 11 is 6.16. The third-order valence-electron chi connectivity index (χ3n) is 9.42. The van der Waals surface area contributed by atoms with Gasteiger partial charge in [0.15, 0.2) is 18.8 Å². The summed E-state index contributed by atoms with van der Waals surface area (Å²) in [6.45, 7) is 0.831. The van der Waals surface area contributed by atoms with Crippen LogP contribution in [-0.2, 0) is 24.3 Å². The zero-order valence-corrected chi connectivity index (χ0v) is 31.5. The summed E-state index contributed by atoms with van der Waals surface area (Å²) < 4.78 is 24.2. The Labute approximate surface area is 325 Å². The molecule has 0 bridgehead atoms. The highest BCUT2D eigenvalue weighted by Crippen LogP contribution is 2.45. The van der Waals surface area contributed by atoms with Crippen LogP contribution in [0.1, 0.15) is 23.1 Å². The molecule has 0 aliphatic carbocycles. The number of halogens is 1. The molecule has 5 atom stereocenters. The van der Waals surface area contributed by atoms with Crippen LogP contribution >= 0.6 is 18.9 Å². The van der Waals surface area contributed by atoms with Crippen molar-refractivity contribution < 1.29 is 23.5 Å². The van der Waals surface area contributed by atoms with Crippen molar-refractivity contribution in [2.75, 3.05) is 32.9 Å². The van der Waals surface area contributed by atoms with E-state index in [2.05, 4.69) is 57.7 Å². The topological polar surface area (TPSA) is 159 Å². The lowest BCUT2D eigenvalue weighted by atomic mass is 9.75. The molecule has 3 aliphatic rings.